The van der Waals surface area contributed by atoms with Crippen LogP contribution in [0, 0.1) is 0 Å². The fourth-order valence-electron chi connectivity index (χ4n) is 1.13. The van der Waals surface area contributed by atoms with Crippen LogP contribution in [0.5, 0.6) is 5.75 Å². The first-order chi connectivity index (χ1) is 6.51. The molecule has 0 fully saturated rings. The van der Waals surface area contributed by atoms with Gasteiger partial charge in [-0.25, -0.2) is 0 Å². The average Bonchev–Trinajstić information content (AvgIpc) is 2.06. The second-order valence-electron chi connectivity index (χ2n) is 2.93. The van der Waals surface area contributed by atoms with Crippen molar-refractivity contribution in [3.63, 3.8) is 0 Å². The molecule has 0 heterocycles. The van der Waals surface area contributed by atoms with E-state index >= 15 is 0 Å². The van der Waals surface area contributed by atoms with Crippen molar-refractivity contribution >= 4 is 53.9 Å². The van der Waals surface area contributed by atoms with E-state index in [-0.39, 0.29) is 76.7 Å². The Kier molecular flexibility index (Phi) is 20.4. The van der Waals surface area contributed by atoms with Crippen LogP contribution in [0.4, 0.5) is 0 Å². The molecule has 0 amide bonds. The van der Waals surface area contributed by atoms with Crippen LogP contribution >= 0.6 is 7.82 Å². The van der Waals surface area contributed by atoms with Gasteiger partial charge in [-0.05, 0) is 24.1 Å². The summed E-state index contributed by atoms with van der Waals surface area (Å²) in [4.78, 5) is 20.5. The Morgan fingerprint density at radius 3 is 1.89 bits per heavy atom. The van der Waals surface area contributed by atoms with Crippen LogP contribution in [0.1, 0.15) is 18.9 Å². The van der Waals surface area contributed by atoms with Crippen molar-refractivity contribution in [2.24, 2.45) is 0 Å². The van der Waals surface area contributed by atoms with Crippen molar-refractivity contribution in [3.8, 4) is 5.75 Å². The van der Waals surface area contributed by atoms with Gasteiger partial charge in [0.2, 0.25) is 0 Å². The normalized spacial score (nSPS) is 8.83. The molecule has 0 aromatic heterocycles. The molecule has 0 spiro atoms. The van der Waals surface area contributed by atoms with Gasteiger partial charge in [-0.1, -0.05) is 25.5 Å². The number of aryl methyl sites for hydroxylation is 1. The fourth-order valence-corrected chi connectivity index (χ4v) is 1.51. The third-order valence-electron chi connectivity index (χ3n) is 1.68. The zero-order valence-corrected chi connectivity index (χ0v) is 15.2. The summed E-state index contributed by atoms with van der Waals surface area (Å²) in [5.41, 5.74) is 1.09. The molecule has 1 aromatic carbocycles. The molecule has 94 valence electrons. The van der Waals surface area contributed by atoms with Gasteiger partial charge >= 0.3 is 46.1 Å². The molecule has 0 aliphatic heterocycles. The summed E-state index contributed by atoms with van der Waals surface area (Å²) < 4.78 is 14.4. The predicted octanol–water partition coefficient (Wildman–Crippen LogP) is -5.91. The minimum absolute atomic E-state index is 0. The van der Waals surface area contributed by atoms with Crippen LogP contribution in [-0.2, 0) is 11.0 Å². The van der Waals surface area contributed by atoms with E-state index in [2.05, 4.69) is 4.52 Å². The van der Waals surface area contributed by atoms with E-state index in [0.717, 1.165) is 18.4 Å². The van der Waals surface area contributed by atoms with Crippen molar-refractivity contribution in [3.05, 3.63) is 29.8 Å². The molecule has 4 nitrogen and oxygen atoms in total. The molecule has 9 heteroatoms. The SMILES string of the molecule is CCCc1ccc(OP(=O)([O-])[O-])cc1.[Cl-].[Cl-].[Mg+2].[Mg+2]. The molecule has 0 atom stereocenters. The number of halogens is 2. The summed E-state index contributed by atoms with van der Waals surface area (Å²) in [7, 11) is -4.92. The Balaban J connectivity index is -0.000000245. The monoisotopic (exact) mass is 332 g/mol. The summed E-state index contributed by atoms with van der Waals surface area (Å²) in [6.07, 6.45) is 1.94. The quantitative estimate of drug-likeness (QED) is 0.406. The Morgan fingerprint density at radius 2 is 1.56 bits per heavy atom. The first kappa shape index (κ1) is 27.6. The van der Waals surface area contributed by atoms with E-state index < -0.39 is 7.82 Å². The molecule has 0 radical (unpaired) electrons. The number of hydrogen-bond acceptors (Lipinski definition) is 4. The summed E-state index contributed by atoms with van der Waals surface area (Å²) in [5, 5.41) is 0. The van der Waals surface area contributed by atoms with Crippen molar-refractivity contribution in [2.45, 2.75) is 19.8 Å². The zero-order chi connectivity index (χ0) is 10.6. The van der Waals surface area contributed by atoms with Gasteiger partial charge in [0, 0.05) is 0 Å². The number of rotatable bonds is 4. The number of benzene rings is 1. The van der Waals surface area contributed by atoms with Crippen LogP contribution in [0.2, 0.25) is 0 Å². The molecule has 0 aliphatic rings. The first-order valence-corrected chi connectivity index (χ1v) is 5.78. The van der Waals surface area contributed by atoms with Crippen molar-refractivity contribution in [1.82, 2.24) is 0 Å². The third kappa shape index (κ3) is 12.3. The van der Waals surface area contributed by atoms with Gasteiger partial charge < -0.3 is 43.7 Å². The van der Waals surface area contributed by atoms with E-state index in [4.69, 9.17) is 0 Å². The standard InChI is InChI=1S/C9H13O4P.2ClH.2Mg/c1-2-3-8-4-6-9(7-5-8)13-14(10,11)12;;;;/h4-7H,2-3H2,1H3,(H2,10,11,12);2*1H;;/q;;;2*+2/p-4. The van der Waals surface area contributed by atoms with Crippen LogP contribution in [0.15, 0.2) is 24.3 Å². The van der Waals surface area contributed by atoms with Crippen LogP contribution in [-0.4, -0.2) is 46.1 Å². The van der Waals surface area contributed by atoms with E-state index in [1.165, 1.54) is 12.1 Å². The van der Waals surface area contributed by atoms with Gasteiger partial charge in [0.1, 0.15) is 13.6 Å². The van der Waals surface area contributed by atoms with Gasteiger partial charge in [-0.15, -0.1) is 0 Å². The topological polar surface area (TPSA) is 72.4 Å². The molecule has 0 N–H and O–H groups in total. The largest absolute Gasteiger partial charge is 2.00 e. The van der Waals surface area contributed by atoms with E-state index in [1.54, 1.807) is 12.1 Å². The van der Waals surface area contributed by atoms with Crippen LogP contribution < -0.4 is 39.1 Å². The Hall–Kier alpha value is 1.28. The summed E-state index contributed by atoms with van der Waals surface area (Å²) in [6.45, 7) is 2.05. The second-order valence-corrected chi connectivity index (χ2v) is 4.01. The number of phosphoric ester groups is 1. The average molecular weight is 334 g/mol. The fraction of sp³-hybridized carbons (Fsp3) is 0.333. The third-order valence-corrected chi connectivity index (χ3v) is 2.11. The van der Waals surface area contributed by atoms with Gasteiger partial charge in [-0.2, -0.15) is 0 Å². The van der Waals surface area contributed by atoms with Gasteiger partial charge in [0.15, 0.2) is 0 Å². The number of phosphoric acid groups is 1. The molecule has 0 bridgehead atoms. The zero-order valence-electron chi connectivity index (χ0n) is 9.97. The molecule has 1 aromatic rings. The summed E-state index contributed by atoms with van der Waals surface area (Å²) in [6, 6.07) is 6.45. The minimum Gasteiger partial charge on any atom is -1.00 e. The van der Waals surface area contributed by atoms with Crippen molar-refractivity contribution in [2.75, 3.05) is 0 Å². The number of hydrogen-bond donors (Lipinski definition) is 0. The van der Waals surface area contributed by atoms with Gasteiger partial charge in [0.25, 0.3) is 0 Å². The molecule has 0 unspecified atom stereocenters. The van der Waals surface area contributed by atoms with Crippen LogP contribution in [0.25, 0.3) is 0 Å². The maximum absolute atomic E-state index is 10.3. The molecular weight excluding hydrogens is 323 g/mol. The van der Waals surface area contributed by atoms with Crippen molar-refractivity contribution in [1.29, 1.82) is 0 Å². The Morgan fingerprint density at radius 1 is 1.11 bits per heavy atom. The smallest absolute Gasteiger partial charge is 1.00 e. The first-order valence-electron chi connectivity index (χ1n) is 4.32. The molecule has 18 heavy (non-hydrogen) atoms. The van der Waals surface area contributed by atoms with Crippen molar-refractivity contribution < 1.29 is 43.7 Å². The molecule has 1 rings (SSSR count). The minimum atomic E-state index is -4.92. The second kappa shape index (κ2) is 13.3. The predicted molar refractivity (Wildman–Crippen MR) is 60.2 cm³/mol. The molecule has 0 saturated heterocycles. The Bertz CT molecular complexity index is 345. The maximum atomic E-state index is 10.3. The van der Waals surface area contributed by atoms with Gasteiger partial charge in [0.05, 0.1) is 0 Å². The molecule has 0 saturated carbocycles. The summed E-state index contributed by atoms with van der Waals surface area (Å²) >= 11 is 0. The maximum Gasteiger partial charge on any atom is 2.00 e. The van der Waals surface area contributed by atoms with Gasteiger partial charge in [-0.3, -0.25) is 0 Å². The summed E-state index contributed by atoms with van der Waals surface area (Å²) in [5.74, 6) is 0.0678. The molecule has 0 aliphatic carbocycles. The molecular formula is C9H11Cl2Mg2O4P. The van der Waals surface area contributed by atoms with Crippen LogP contribution in [0.3, 0.4) is 0 Å². The van der Waals surface area contributed by atoms with E-state index in [0.29, 0.717) is 0 Å². The van der Waals surface area contributed by atoms with E-state index in [9.17, 15) is 14.4 Å². The van der Waals surface area contributed by atoms with E-state index in [1.807, 2.05) is 6.92 Å². The Labute approximate surface area is 152 Å².